The van der Waals surface area contributed by atoms with E-state index >= 15 is 0 Å². The van der Waals surface area contributed by atoms with Gasteiger partial charge in [0.1, 0.15) is 0 Å². The van der Waals surface area contributed by atoms with E-state index in [0.29, 0.717) is 11.5 Å². The Kier molecular flexibility index (Phi) is 6.13. The number of nitrogens with one attached hydrogen (secondary N) is 1. The Morgan fingerprint density at radius 3 is 2.17 bits per heavy atom. The molecule has 0 aromatic carbocycles. The zero-order valence-electron chi connectivity index (χ0n) is 13.4. The predicted molar refractivity (Wildman–Crippen MR) is 81.0 cm³/mol. The van der Waals surface area contributed by atoms with Gasteiger partial charge in [0, 0.05) is 18.6 Å². The molecule has 1 fully saturated rings. The Balaban J connectivity index is 2.40. The molecule has 1 rings (SSSR count). The molecule has 0 bridgehead atoms. The molecule has 0 aliphatic heterocycles. The third-order valence-electron chi connectivity index (χ3n) is 4.15. The Labute approximate surface area is 115 Å². The molecule has 0 aromatic heterocycles. The molecule has 0 amide bonds. The summed E-state index contributed by atoms with van der Waals surface area (Å²) in [6.07, 6.45) is 6.75. The second-order valence-corrected chi connectivity index (χ2v) is 7.69. The van der Waals surface area contributed by atoms with Crippen molar-refractivity contribution in [1.82, 2.24) is 10.2 Å². The highest BCUT2D eigenvalue weighted by Crippen LogP contribution is 2.35. The molecule has 1 aliphatic carbocycles. The van der Waals surface area contributed by atoms with Crippen molar-refractivity contribution in [2.24, 2.45) is 11.3 Å². The van der Waals surface area contributed by atoms with E-state index in [9.17, 15) is 0 Å². The highest BCUT2D eigenvalue weighted by atomic mass is 15.1. The summed E-state index contributed by atoms with van der Waals surface area (Å²) < 4.78 is 0. The van der Waals surface area contributed by atoms with Crippen molar-refractivity contribution >= 4 is 0 Å². The fourth-order valence-electron chi connectivity index (χ4n) is 3.10. The lowest BCUT2D eigenvalue weighted by Gasteiger charge is -2.37. The maximum Gasteiger partial charge on any atom is 0.0199 e. The minimum Gasteiger partial charge on any atom is -0.310 e. The van der Waals surface area contributed by atoms with Crippen molar-refractivity contribution in [3.05, 3.63) is 0 Å². The summed E-state index contributed by atoms with van der Waals surface area (Å²) >= 11 is 0. The maximum absolute atomic E-state index is 3.91. The van der Waals surface area contributed by atoms with E-state index in [0.717, 1.165) is 18.5 Å². The van der Waals surface area contributed by atoms with Gasteiger partial charge in [0.25, 0.3) is 0 Å². The van der Waals surface area contributed by atoms with Crippen molar-refractivity contribution in [3.63, 3.8) is 0 Å². The van der Waals surface area contributed by atoms with Gasteiger partial charge in [-0.2, -0.15) is 0 Å². The van der Waals surface area contributed by atoms with Crippen molar-refractivity contribution in [1.29, 1.82) is 0 Å². The van der Waals surface area contributed by atoms with Crippen LogP contribution < -0.4 is 5.32 Å². The van der Waals surface area contributed by atoms with Gasteiger partial charge in [-0.25, -0.2) is 0 Å². The molecule has 1 unspecified atom stereocenters. The highest BCUT2D eigenvalue weighted by Gasteiger charge is 2.28. The molecule has 0 saturated heterocycles. The predicted octanol–water partition coefficient (Wildman–Crippen LogP) is 3.52. The van der Waals surface area contributed by atoms with Gasteiger partial charge in [0.15, 0.2) is 0 Å². The fourth-order valence-corrected chi connectivity index (χ4v) is 3.10. The van der Waals surface area contributed by atoms with Gasteiger partial charge in [-0.3, -0.25) is 0 Å². The normalized spacial score (nSPS) is 22.7. The molecule has 1 atom stereocenters. The van der Waals surface area contributed by atoms with Gasteiger partial charge in [0.2, 0.25) is 0 Å². The Hall–Kier alpha value is -0.0800. The number of hydrogen-bond donors (Lipinski definition) is 1. The number of rotatable bonds is 6. The Morgan fingerprint density at radius 2 is 1.72 bits per heavy atom. The first-order valence-corrected chi connectivity index (χ1v) is 7.69. The molecular weight excluding hydrogens is 220 g/mol. The molecule has 1 saturated carbocycles. The van der Waals surface area contributed by atoms with Crippen LogP contribution in [0.2, 0.25) is 0 Å². The first-order chi connectivity index (χ1) is 8.28. The minimum atomic E-state index is 0.577. The second-order valence-electron chi connectivity index (χ2n) is 7.69. The first kappa shape index (κ1) is 16.0. The zero-order valence-corrected chi connectivity index (χ0v) is 13.4. The molecule has 108 valence electrons. The lowest BCUT2D eigenvalue weighted by Crippen LogP contribution is -2.46. The summed E-state index contributed by atoms with van der Waals surface area (Å²) in [5.74, 6) is 0.780. The van der Waals surface area contributed by atoms with E-state index in [4.69, 9.17) is 0 Å². The molecule has 0 heterocycles. The molecule has 0 spiro atoms. The Morgan fingerprint density at radius 1 is 1.17 bits per heavy atom. The second kappa shape index (κ2) is 6.91. The van der Waals surface area contributed by atoms with Gasteiger partial charge in [-0.05, 0) is 57.5 Å². The topological polar surface area (TPSA) is 15.3 Å². The van der Waals surface area contributed by atoms with E-state index in [1.165, 1.54) is 32.1 Å². The monoisotopic (exact) mass is 254 g/mol. The van der Waals surface area contributed by atoms with Crippen LogP contribution in [0.3, 0.4) is 0 Å². The zero-order chi connectivity index (χ0) is 13.8. The van der Waals surface area contributed by atoms with Crippen LogP contribution in [-0.2, 0) is 0 Å². The van der Waals surface area contributed by atoms with E-state index in [2.05, 4.69) is 52.0 Å². The van der Waals surface area contributed by atoms with Gasteiger partial charge in [-0.1, -0.05) is 27.7 Å². The number of hydrogen-bond acceptors (Lipinski definition) is 2. The van der Waals surface area contributed by atoms with E-state index in [-0.39, 0.29) is 0 Å². The van der Waals surface area contributed by atoms with Crippen LogP contribution in [0.15, 0.2) is 0 Å². The standard InChI is InChI=1S/C16H34N2/c1-13(2)11-15(12-18(5)6)17-14-7-9-16(3,4)10-8-14/h13-15,17H,7-12H2,1-6H3. The van der Waals surface area contributed by atoms with Crippen LogP contribution in [0.5, 0.6) is 0 Å². The number of nitrogens with zero attached hydrogens (tertiary/aromatic N) is 1. The third-order valence-corrected chi connectivity index (χ3v) is 4.15. The SMILES string of the molecule is CC(C)CC(CN(C)C)NC1CCC(C)(C)CC1. The molecule has 1 aliphatic rings. The van der Waals surface area contributed by atoms with E-state index in [1.54, 1.807) is 0 Å². The molecule has 1 N–H and O–H groups in total. The van der Waals surface area contributed by atoms with Gasteiger partial charge < -0.3 is 10.2 Å². The summed E-state index contributed by atoms with van der Waals surface area (Å²) in [7, 11) is 4.36. The largest absolute Gasteiger partial charge is 0.310 e. The average Bonchev–Trinajstić information content (AvgIpc) is 2.19. The molecule has 2 nitrogen and oxygen atoms in total. The van der Waals surface area contributed by atoms with Gasteiger partial charge >= 0.3 is 0 Å². The fraction of sp³-hybridized carbons (Fsp3) is 1.00. The maximum atomic E-state index is 3.91. The minimum absolute atomic E-state index is 0.577. The average molecular weight is 254 g/mol. The molecular formula is C16H34N2. The summed E-state index contributed by atoms with van der Waals surface area (Å²) in [5.41, 5.74) is 0.577. The number of likely N-dealkylation sites (N-methyl/N-ethyl adjacent to an activating group) is 1. The summed E-state index contributed by atoms with van der Waals surface area (Å²) in [5, 5.41) is 3.91. The van der Waals surface area contributed by atoms with Crippen LogP contribution in [0.4, 0.5) is 0 Å². The van der Waals surface area contributed by atoms with Crippen LogP contribution in [0.25, 0.3) is 0 Å². The van der Waals surface area contributed by atoms with Crippen molar-refractivity contribution in [2.75, 3.05) is 20.6 Å². The molecule has 18 heavy (non-hydrogen) atoms. The highest BCUT2D eigenvalue weighted by molar-refractivity contribution is 4.85. The van der Waals surface area contributed by atoms with Crippen LogP contribution in [0, 0.1) is 11.3 Å². The lowest BCUT2D eigenvalue weighted by atomic mass is 9.75. The van der Waals surface area contributed by atoms with Crippen molar-refractivity contribution in [2.45, 2.75) is 71.9 Å². The summed E-state index contributed by atoms with van der Waals surface area (Å²) in [4.78, 5) is 2.31. The summed E-state index contributed by atoms with van der Waals surface area (Å²) in [6.45, 7) is 10.6. The van der Waals surface area contributed by atoms with E-state index < -0.39 is 0 Å². The lowest BCUT2D eigenvalue weighted by molar-refractivity contribution is 0.185. The van der Waals surface area contributed by atoms with E-state index in [1.807, 2.05) is 0 Å². The quantitative estimate of drug-likeness (QED) is 0.780. The van der Waals surface area contributed by atoms with Crippen molar-refractivity contribution < 1.29 is 0 Å². The van der Waals surface area contributed by atoms with Crippen molar-refractivity contribution in [3.8, 4) is 0 Å². The molecule has 2 heteroatoms. The van der Waals surface area contributed by atoms with Gasteiger partial charge in [0.05, 0.1) is 0 Å². The molecule has 0 aromatic rings. The van der Waals surface area contributed by atoms with Crippen LogP contribution in [0.1, 0.15) is 59.8 Å². The third kappa shape index (κ3) is 6.19. The van der Waals surface area contributed by atoms with Gasteiger partial charge in [-0.15, -0.1) is 0 Å². The smallest absolute Gasteiger partial charge is 0.0199 e. The summed E-state index contributed by atoms with van der Waals surface area (Å²) in [6, 6.07) is 1.41. The van der Waals surface area contributed by atoms with Crippen LogP contribution in [-0.4, -0.2) is 37.6 Å². The Bertz CT molecular complexity index is 213. The van der Waals surface area contributed by atoms with Crippen LogP contribution >= 0.6 is 0 Å². The molecule has 0 radical (unpaired) electrons. The first-order valence-electron chi connectivity index (χ1n) is 7.69.